The molecule has 1 aromatic rings. The standard InChI is InChI=1S/C19H26N2O3/c20-17(22)13-14-8-10-21(11-9-14)19(23)16-7-4-12-24-18(16)15-5-2-1-3-6-15/h1-3,5-6,14,16,18H,4,7-13H2,(H2,20,22)/t16-,18+/m1/s1. The van der Waals surface area contributed by atoms with Crippen LogP contribution in [0.25, 0.3) is 0 Å². The molecule has 2 heterocycles. The highest BCUT2D eigenvalue weighted by Crippen LogP contribution is 2.35. The summed E-state index contributed by atoms with van der Waals surface area (Å²) in [7, 11) is 0. The highest BCUT2D eigenvalue weighted by atomic mass is 16.5. The van der Waals surface area contributed by atoms with Crippen molar-refractivity contribution in [1.29, 1.82) is 0 Å². The molecule has 5 nitrogen and oxygen atoms in total. The molecule has 0 bridgehead atoms. The first-order chi connectivity index (χ1) is 11.6. The molecule has 2 aliphatic heterocycles. The molecular weight excluding hydrogens is 304 g/mol. The number of carbonyl (C=O) groups is 2. The van der Waals surface area contributed by atoms with Crippen LogP contribution in [0.2, 0.25) is 0 Å². The minimum absolute atomic E-state index is 0.103. The van der Waals surface area contributed by atoms with Gasteiger partial charge in [-0.2, -0.15) is 0 Å². The molecule has 2 N–H and O–H groups in total. The second-order valence-corrected chi connectivity index (χ2v) is 6.89. The fourth-order valence-corrected chi connectivity index (χ4v) is 3.88. The zero-order valence-electron chi connectivity index (χ0n) is 14.0. The quantitative estimate of drug-likeness (QED) is 0.920. The second kappa shape index (κ2) is 7.79. The van der Waals surface area contributed by atoms with E-state index in [1.807, 2.05) is 35.2 Å². The summed E-state index contributed by atoms with van der Waals surface area (Å²) in [4.78, 5) is 26.0. The second-order valence-electron chi connectivity index (χ2n) is 6.89. The fraction of sp³-hybridized carbons (Fsp3) is 0.579. The third-order valence-corrected chi connectivity index (χ3v) is 5.18. The van der Waals surface area contributed by atoms with E-state index in [0.29, 0.717) is 18.9 Å². The largest absolute Gasteiger partial charge is 0.373 e. The highest BCUT2D eigenvalue weighted by molar-refractivity contribution is 5.80. The molecule has 0 radical (unpaired) electrons. The molecule has 0 spiro atoms. The third-order valence-electron chi connectivity index (χ3n) is 5.18. The number of primary amides is 1. The number of benzene rings is 1. The molecule has 0 saturated carbocycles. The van der Waals surface area contributed by atoms with Crippen LogP contribution in [0.15, 0.2) is 30.3 Å². The van der Waals surface area contributed by atoms with E-state index in [-0.39, 0.29) is 23.8 Å². The van der Waals surface area contributed by atoms with Gasteiger partial charge in [0.05, 0.1) is 12.0 Å². The summed E-state index contributed by atoms with van der Waals surface area (Å²) in [5, 5.41) is 0. The van der Waals surface area contributed by atoms with Crippen molar-refractivity contribution in [2.45, 2.75) is 38.2 Å². The van der Waals surface area contributed by atoms with E-state index in [1.165, 1.54) is 0 Å². The summed E-state index contributed by atoms with van der Waals surface area (Å²) in [5.41, 5.74) is 6.36. The summed E-state index contributed by atoms with van der Waals surface area (Å²) >= 11 is 0. The Hall–Kier alpha value is -1.88. The maximum absolute atomic E-state index is 13.0. The third kappa shape index (κ3) is 3.96. The molecule has 2 saturated heterocycles. The van der Waals surface area contributed by atoms with Crippen LogP contribution in [0.5, 0.6) is 0 Å². The summed E-state index contributed by atoms with van der Waals surface area (Å²) < 4.78 is 5.95. The van der Waals surface area contributed by atoms with Crippen LogP contribution in [0, 0.1) is 11.8 Å². The van der Waals surface area contributed by atoms with E-state index in [1.54, 1.807) is 0 Å². The topological polar surface area (TPSA) is 72.6 Å². The van der Waals surface area contributed by atoms with Crippen LogP contribution in [-0.2, 0) is 14.3 Å². The number of rotatable bonds is 4. The van der Waals surface area contributed by atoms with E-state index in [4.69, 9.17) is 10.5 Å². The van der Waals surface area contributed by atoms with Gasteiger partial charge in [0.25, 0.3) is 0 Å². The first kappa shape index (κ1) is 17.0. The van der Waals surface area contributed by atoms with Gasteiger partial charge in [-0.25, -0.2) is 0 Å². The minimum Gasteiger partial charge on any atom is -0.373 e. The van der Waals surface area contributed by atoms with E-state index in [9.17, 15) is 9.59 Å². The van der Waals surface area contributed by atoms with E-state index >= 15 is 0 Å². The van der Waals surface area contributed by atoms with Gasteiger partial charge in [-0.15, -0.1) is 0 Å². The zero-order chi connectivity index (χ0) is 16.9. The van der Waals surface area contributed by atoms with Gasteiger partial charge in [-0.3, -0.25) is 9.59 Å². The van der Waals surface area contributed by atoms with Gasteiger partial charge >= 0.3 is 0 Å². The Morgan fingerprint density at radius 2 is 1.83 bits per heavy atom. The Bertz CT molecular complexity index is 567. The summed E-state index contributed by atoms with van der Waals surface area (Å²) in [5.74, 6) is 0.165. The van der Waals surface area contributed by atoms with Crippen LogP contribution in [0.1, 0.15) is 43.8 Å². The molecule has 2 fully saturated rings. The smallest absolute Gasteiger partial charge is 0.228 e. The van der Waals surface area contributed by atoms with Crippen molar-refractivity contribution in [2.75, 3.05) is 19.7 Å². The zero-order valence-corrected chi connectivity index (χ0v) is 14.0. The van der Waals surface area contributed by atoms with Crippen LogP contribution in [-0.4, -0.2) is 36.4 Å². The van der Waals surface area contributed by atoms with Gasteiger partial charge in [0.15, 0.2) is 0 Å². The first-order valence-corrected chi connectivity index (χ1v) is 8.89. The molecule has 130 valence electrons. The summed E-state index contributed by atoms with van der Waals surface area (Å²) in [6.07, 6.45) is 3.81. The Morgan fingerprint density at radius 1 is 1.12 bits per heavy atom. The lowest BCUT2D eigenvalue weighted by molar-refractivity contribution is -0.147. The van der Waals surface area contributed by atoms with E-state index in [2.05, 4.69) is 0 Å². The minimum atomic E-state index is -0.246. The molecule has 5 heteroatoms. The fourth-order valence-electron chi connectivity index (χ4n) is 3.88. The number of ether oxygens (including phenoxy) is 1. The molecule has 0 aliphatic carbocycles. The number of carbonyl (C=O) groups excluding carboxylic acids is 2. The molecule has 1 aromatic carbocycles. The molecule has 2 atom stereocenters. The van der Waals surface area contributed by atoms with Crippen molar-refractivity contribution in [3.05, 3.63) is 35.9 Å². The maximum Gasteiger partial charge on any atom is 0.228 e. The molecule has 0 aromatic heterocycles. The van der Waals surface area contributed by atoms with Crippen molar-refractivity contribution in [3.63, 3.8) is 0 Å². The summed E-state index contributed by atoms with van der Waals surface area (Å²) in [6, 6.07) is 10.0. The first-order valence-electron chi connectivity index (χ1n) is 8.89. The predicted molar refractivity (Wildman–Crippen MR) is 91.0 cm³/mol. The number of likely N-dealkylation sites (tertiary alicyclic amines) is 1. The number of hydrogen-bond acceptors (Lipinski definition) is 3. The van der Waals surface area contributed by atoms with Gasteiger partial charge in [0.1, 0.15) is 0 Å². The highest BCUT2D eigenvalue weighted by Gasteiger charge is 2.36. The van der Waals surface area contributed by atoms with Crippen molar-refractivity contribution in [3.8, 4) is 0 Å². The average Bonchev–Trinajstić information content (AvgIpc) is 2.62. The van der Waals surface area contributed by atoms with Crippen LogP contribution < -0.4 is 5.73 Å². The van der Waals surface area contributed by atoms with E-state index < -0.39 is 0 Å². The Kier molecular flexibility index (Phi) is 5.51. The van der Waals surface area contributed by atoms with Gasteiger partial charge in [0.2, 0.25) is 11.8 Å². The Labute approximate surface area is 143 Å². The van der Waals surface area contributed by atoms with Gasteiger partial charge in [0, 0.05) is 26.1 Å². The monoisotopic (exact) mass is 330 g/mol. The molecular formula is C19H26N2O3. The molecule has 24 heavy (non-hydrogen) atoms. The van der Waals surface area contributed by atoms with Gasteiger partial charge in [-0.1, -0.05) is 30.3 Å². The lowest BCUT2D eigenvalue weighted by Crippen LogP contribution is -2.45. The van der Waals surface area contributed by atoms with Gasteiger partial charge in [-0.05, 0) is 37.2 Å². The Morgan fingerprint density at radius 3 is 2.50 bits per heavy atom. The SMILES string of the molecule is NC(=O)CC1CCN(C(=O)[C@@H]2CCCO[C@H]2c2ccccc2)CC1. The number of piperidine rings is 1. The molecule has 2 amide bonds. The Balaban J connectivity index is 1.64. The molecule has 0 unspecified atom stereocenters. The lowest BCUT2D eigenvalue weighted by atomic mass is 9.86. The maximum atomic E-state index is 13.0. The lowest BCUT2D eigenvalue weighted by Gasteiger charge is -2.38. The average molecular weight is 330 g/mol. The van der Waals surface area contributed by atoms with Crippen molar-refractivity contribution < 1.29 is 14.3 Å². The predicted octanol–water partition coefficient (Wildman–Crippen LogP) is 2.27. The number of nitrogens with two attached hydrogens (primary N) is 1. The molecule has 3 rings (SSSR count). The number of amides is 2. The van der Waals surface area contributed by atoms with Crippen molar-refractivity contribution in [1.82, 2.24) is 4.90 Å². The molecule has 2 aliphatic rings. The summed E-state index contributed by atoms with van der Waals surface area (Å²) in [6.45, 7) is 2.15. The normalized spacial score (nSPS) is 25.4. The van der Waals surface area contributed by atoms with Gasteiger partial charge < -0.3 is 15.4 Å². The number of hydrogen-bond donors (Lipinski definition) is 1. The van der Waals surface area contributed by atoms with Crippen molar-refractivity contribution in [2.24, 2.45) is 17.6 Å². The van der Waals surface area contributed by atoms with E-state index in [0.717, 1.165) is 44.3 Å². The van der Waals surface area contributed by atoms with Crippen LogP contribution in [0.4, 0.5) is 0 Å². The van der Waals surface area contributed by atoms with Crippen molar-refractivity contribution >= 4 is 11.8 Å². The number of nitrogens with zero attached hydrogens (tertiary/aromatic N) is 1. The van der Waals surface area contributed by atoms with Crippen LogP contribution in [0.3, 0.4) is 0 Å². The van der Waals surface area contributed by atoms with Crippen LogP contribution >= 0.6 is 0 Å².